The summed E-state index contributed by atoms with van der Waals surface area (Å²) in [5, 5.41) is 8.57. The van der Waals surface area contributed by atoms with Crippen LogP contribution >= 0.6 is 35.0 Å². The third-order valence-corrected chi connectivity index (χ3v) is 4.09. The lowest BCUT2D eigenvalue weighted by atomic mass is 10.0. The van der Waals surface area contributed by atoms with Crippen molar-refractivity contribution >= 4 is 35.0 Å². The van der Waals surface area contributed by atoms with Gasteiger partial charge >= 0.3 is 0 Å². The number of halogens is 2. The Balaban J connectivity index is 2.70. The van der Waals surface area contributed by atoms with Crippen molar-refractivity contribution in [1.29, 1.82) is 0 Å². The fourth-order valence-corrected chi connectivity index (χ4v) is 3.37. The van der Waals surface area contributed by atoms with Crippen molar-refractivity contribution in [2.75, 3.05) is 0 Å². The summed E-state index contributed by atoms with van der Waals surface area (Å²) in [6.07, 6.45) is 0. The average Bonchev–Trinajstić information content (AvgIpc) is 2.36. The Labute approximate surface area is 91.0 Å². The van der Waals surface area contributed by atoms with E-state index in [-0.39, 0.29) is 4.75 Å². The molecule has 1 aliphatic heterocycles. The summed E-state index contributed by atoms with van der Waals surface area (Å²) in [6.45, 7) is 4.24. The van der Waals surface area contributed by atoms with E-state index in [1.807, 2.05) is 11.8 Å². The molecule has 2 rings (SSSR count). The van der Waals surface area contributed by atoms with Crippen LogP contribution in [-0.4, -0.2) is 10.2 Å². The predicted molar refractivity (Wildman–Crippen MR) is 56.4 cm³/mol. The van der Waals surface area contributed by atoms with E-state index in [1.165, 1.54) is 0 Å². The van der Waals surface area contributed by atoms with Gasteiger partial charge in [0.15, 0.2) is 10.3 Å². The van der Waals surface area contributed by atoms with Gasteiger partial charge in [-0.2, -0.15) is 0 Å². The van der Waals surface area contributed by atoms with Crippen LogP contribution < -0.4 is 0 Å². The molecule has 1 aliphatic rings. The minimum absolute atomic E-state index is 0.00595. The average molecular weight is 235 g/mol. The molecule has 0 spiro atoms. The fraction of sp³-hybridized carbons (Fsp3) is 0.500. The van der Waals surface area contributed by atoms with Crippen LogP contribution in [0.1, 0.15) is 25.0 Å². The standard InChI is InChI=1S/C8H8Cl2N2S/c1-8(2)5-4(3-13-8)6(9)11-12-7(5)10/h3H2,1-2H3. The van der Waals surface area contributed by atoms with Crippen LogP contribution in [-0.2, 0) is 10.5 Å². The highest BCUT2D eigenvalue weighted by Gasteiger charge is 2.35. The predicted octanol–water partition coefficient (Wildman–Crippen LogP) is 3.27. The summed E-state index contributed by atoms with van der Waals surface area (Å²) in [6, 6.07) is 0. The van der Waals surface area contributed by atoms with Crippen molar-refractivity contribution < 1.29 is 0 Å². The molecule has 0 saturated carbocycles. The van der Waals surface area contributed by atoms with Gasteiger partial charge in [-0.15, -0.1) is 22.0 Å². The Morgan fingerprint density at radius 1 is 1.23 bits per heavy atom. The highest BCUT2D eigenvalue weighted by molar-refractivity contribution is 7.99. The SMILES string of the molecule is CC1(C)SCc2c(Cl)nnc(Cl)c21. The van der Waals surface area contributed by atoms with E-state index in [4.69, 9.17) is 23.2 Å². The summed E-state index contributed by atoms with van der Waals surface area (Å²) in [5.74, 6) is 0.871. The molecule has 0 unspecified atom stereocenters. The monoisotopic (exact) mass is 234 g/mol. The minimum atomic E-state index is 0.00595. The molecule has 0 radical (unpaired) electrons. The molecule has 0 amide bonds. The van der Waals surface area contributed by atoms with Gasteiger partial charge in [0.2, 0.25) is 0 Å². The third kappa shape index (κ3) is 1.43. The Hall–Kier alpha value is 0.01000. The Morgan fingerprint density at radius 3 is 2.46 bits per heavy atom. The van der Waals surface area contributed by atoms with E-state index in [1.54, 1.807) is 0 Å². The van der Waals surface area contributed by atoms with Gasteiger partial charge in [0.25, 0.3) is 0 Å². The highest BCUT2D eigenvalue weighted by atomic mass is 35.5. The van der Waals surface area contributed by atoms with Gasteiger partial charge in [-0.05, 0) is 13.8 Å². The van der Waals surface area contributed by atoms with Gasteiger partial charge in [0.1, 0.15) is 0 Å². The molecular formula is C8H8Cl2N2S. The molecule has 2 nitrogen and oxygen atoms in total. The highest BCUT2D eigenvalue weighted by Crippen LogP contribution is 2.50. The van der Waals surface area contributed by atoms with E-state index in [9.17, 15) is 0 Å². The summed E-state index contributed by atoms with van der Waals surface area (Å²) in [4.78, 5) is 0. The summed E-state index contributed by atoms with van der Waals surface area (Å²) in [7, 11) is 0. The number of hydrogen-bond acceptors (Lipinski definition) is 3. The normalized spacial score (nSPS) is 18.8. The van der Waals surface area contributed by atoms with Crippen molar-refractivity contribution in [3.8, 4) is 0 Å². The lowest BCUT2D eigenvalue weighted by Gasteiger charge is -2.17. The zero-order chi connectivity index (χ0) is 9.64. The van der Waals surface area contributed by atoms with Crippen LogP contribution in [0.2, 0.25) is 10.3 Å². The molecule has 70 valence electrons. The summed E-state index contributed by atoms with van der Waals surface area (Å²) < 4.78 is 0.00595. The van der Waals surface area contributed by atoms with Crippen molar-refractivity contribution in [2.24, 2.45) is 0 Å². The molecule has 0 N–H and O–H groups in total. The minimum Gasteiger partial charge on any atom is -0.146 e. The molecule has 0 atom stereocenters. The van der Waals surface area contributed by atoms with Crippen LogP contribution in [0.15, 0.2) is 0 Å². The molecule has 0 aliphatic carbocycles. The molecule has 5 heteroatoms. The summed E-state index contributed by atoms with van der Waals surface area (Å²) in [5.41, 5.74) is 2.08. The quantitative estimate of drug-likeness (QED) is 0.690. The molecule has 0 bridgehead atoms. The van der Waals surface area contributed by atoms with E-state index in [0.717, 1.165) is 16.9 Å². The second-order valence-electron chi connectivity index (χ2n) is 3.43. The molecule has 2 heterocycles. The molecule has 0 saturated heterocycles. The first-order valence-electron chi connectivity index (χ1n) is 3.87. The van der Waals surface area contributed by atoms with Gasteiger partial charge in [0, 0.05) is 21.6 Å². The van der Waals surface area contributed by atoms with Gasteiger partial charge in [-0.1, -0.05) is 23.2 Å². The van der Waals surface area contributed by atoms with Crippen molar-refractivity contribution in [3.05, 3.63) is 21.4 Å². The van der Waals surface area contributed by atoms with Crippen molar-refractivity contribution in [2.45, 2.75) is 24.3 Å². The fourth-order valence-electron chi connectivity index (χ4n) is 1.49. The maximum Gasteiger partial charge on any atom is 0.156 e. The largest absolute Gasteiger partial charge is 0.156 e. The van der Waals surface area contributed by atoms with Gasteiger partial charge in [-0.25, -0.2) is 0 Å². The number of aromatic nitrogens is 2. The van der Waals surface area contributed by atoms with E-state index < -0.39 is 0 Å². The Kier molecular flexibility index (Phi) is 2.21. The molecule has 1 aromatic heterocycles. The lowest BCUT2D eigenvalue weighted by molar-refractivity contribution is 0.777. The first kappa shape index (κ1) is 9.56. The lowest BCUT2D eigenvalue weighted by Crippen LogP contribution is -2.10. The van der Waals surface area contributed by atoms with Crippen molar-refractivity contribution in [1.82, 2.24) is 10.2 Å². The van der Waals surface area contributed by atoms with Crippen LogP contribution in [0.5, 0.6) is 0 Å². The zero-order valence-corrected chi connectivity index (χ0v) is 9.59. The Morgan fingerprint density at radius 2 is 1.85 bits per heavy atom. The second-order valence-corrected chi connectivity index (χ2v) is 5.75. The van der Waals surface area contributed by atoms with Gasteiger partial charge in [-0.3, -0.25) is 0 Å². The molecule has 0 fully saturated rings. The number of hydrogen-bond donors (Lipinski definition) is 0. The van der Waals surface area contributed by atoms with Crippen LogP contribution in [0.4, 0.5) is 0 Å². The van der Waals surface area contributed by atoms with E-state index >= 15 is 0 Å². The molecule has 13 heavy (non-hydrogen) atoms. The van der Waals surface area contributed by atoms with Crippen LogP contribution in [0, 0.1) is 0 Å². The molecular weight excluding hydrogens is 227 g/mol. The number of nitrogens with zero attached hydrogens (tertiary/aromatic N) is 2. The topological polar surface area (TPSA) is 25.8 Å². The first-order valence-corrected chi connectivity index (χ1v) is 5.61. The first-order chi connectivity index (χ1) is 6.02. The smallest absolute Gasteiger partial charge is 0.146 e. The van der Waals surface area contributed by atoms with E-state index in [0.29, 0.717) is 10.3 Å². The van der Waals surface area contributed by atoms with Crippen LogP contribution in [0.25, 0.3) is 0 Å². The van der Waals surface area contributed by atoms with Crippen molar-refractivity contribution in [3.63, 3.8) is 0 Å². The van der Waals surface area contributed by atoms with Crippen LogP contribution in [0.3, 0.4) is 0 Å². The third-order valence-electron chi connectivity index (χ3n) is 2.16. The number of fused-ring (bicyclic) bond motifs is 1. The molecule has 1 aromatic rings. The Bertz CT molecular complexity index is 365. The van der Waals surface area contributed by atoms with Gasteiger partial charge in [0.05, 0.1) is 0 Å². The molecule has 0 aromatic carbocycles. The number of thioether (sulfide) groups is 1. The summed E-state index contributed by atoms with van der Waals surface area (Å²) >= 11 is 13.7. The maximum absolute atomic E-state index is 5.98. The van der Waals surface area contributed by atoms with Gasteiger partial charge < -0.3 is 0 Å². The van der Waals surface area contributed by atoms with E-state index in [2.05, 4.69) is 24.0 Å². The second kappa shape index (κ2) is 3.01. The number of rotatable bonds is 0. The maximum atomic E-state index is 5.98. The zero-order valence-electron chi connectivity index (χ0n) is 7.27.